The van der Waals surface area contributed by atoms with Gasteiger partial charge in [-0.2, -0.15) is 12.1 Å². The zero-order valence-electron chi connectivity index (χ0n) is 21.7. The van der Waals surface area contributed by atoms with Gasteiger partial charge in [0.05, 0.1) is 29.6 Å². The van der Waals surface area contributed by atoms with Crippen molar-refractivity contribution in [3.05, 3.63) is 90.5 Å². The maximum atomic E-state index is 6.30. The number of fused-ring (bicyclic) bond motifs is 4. The molecule has 2 aliphatic rings. The van der Waals surface area contributed by atoms with E-state index < -0.39 is 0 Å². The summed E-state index contributed by atoms with van der Waals surface area (Å²) >= 11 is 0. The molecule has 5 aromatic rings. The van der Waals surface area contributed by atoms with Crippen LogP contribution in [0.3, 0.4) is 0 Å². The molecule has 0 bridgehead atoms. The summed E-state index contributed by atoms with van der Waals surface area (Å²) in [6.45, 7) is 3.35. The molecule has 0 radical (unpaired) electrons. The second-order valence-electron chi connectivity index (χ2n) is 10.5. The van der Waals surface area contributed by atoms with Crippen LogP contribution in [-0.4, -0.2) is 14.1 Å². The van der Waals surface area contributed by atoms with Gasteiger partial charge >= 0.3 is 0 Å². The Labute approximate surface area is 238 Å². The number of nitrogens with zero attached hydrogens (tertiary/aromatic N) is 4. The van der Waals surface area contributed by atoms with Crippen molar-refractivity contribution in [3.63, 3.8) is 0 Å². The number of hydrogen-bond donors (Lipinski definition) is 0. The van der Waals surface area contributed by atoms with Crippen molar-refractivity contribution in [2.24, 2.45) is 13.0 Å². The molecule has 196 valence electrons. The first-order chi connectivity index (χ1) is 18.1. The van der Waals surface area contributed by atoms with Gasteiger partial charge in [-0.1, -0.05) is 62.2 Å². The van der Waals surface area contributed by atoms with Crippen LogP contribution in [0.25, 0.3) is 28.1 Å². The third-order valence-electron chi connectivity index (χ3n) is 8.09. The number of aryl methyl sites for hydroxylation is 3. The summed E-state index contributed by atoms with van der Waals surface area (Å²) in [5.74, 6) is 3.62. The van der Waals surface area contributed by atoms with Crippen LogP contribution in [0.2, 0.25) is 0 Å². The predicted octanol–water partition coefficient (Wildman–Crippen LogP) is 6.36. The second-order valence-corrected chi connectivity index (χ2v) is 10.5. The average Bonchev–Trinajstić information content (AvgIpc) is 3.51. The number of benzene rings is 3. The number of aromatic nitrogens is 4. The molecule has 5 nitrogen and oxygen atoms in total. The largest absolute Gasteiger partial charge is 0.504 e. The van der Waals surface area contributed by atoms with Crippen molar-refractivity contribution in [1.29, 1.82) is 0 Å². The van der Waals surface area contributed by atoms with Crippen LogP contribution in [0.5, 0.6) is 11.5 Å². The molecule has 1 aliphatic carbocycles. The van der Waals surface area contributed by atoms with E-state index in [2.05, 4.69) is 54.3 Å². The van der Waals surface area contributed by atoms with E-state index >= 15 is 0 Å². The van der Waals surface area contributed by atoms with Crippen molar-refractivity contribution < 1.29 is 30.4 Å². The van der Waals surface area contributed by atoms with Crippen LogP contribution in [-0.2, 0) is 41.1 Å². The summed E-state index contributed by atoms with van der Waals surface area (Å²) in [7, 11) is 2.01. The van der Waals surface area contributed by atoms with Gasteiger partial charge in [-0.25, -0.2) is 0 Å². The van der Waals surface area contributed by atoms with Crippen LogP contribution >= 0.6 is 0 Å². The number of imidazole rings is 2. The molecule has 1 saturated carbocycles. The van der Waals surface area contributed by atoms with Crippen LogP contribution < -0.4 is 9.30 Å². The maximum Gasteiger partial charge on any atom is 0.242 e. The Morgan fingerprint density at radius 1 is 0.974 bits per heavy atom. The van der Waals surface area contributed by atoms with Gasteiger partial charge in [-0.05, 0) is 18.8 Å². The molecule has 0 N–H and O–H groups in total. The Hall–Kier alpha value is -3.17. The molecule has 1 aliphatic heterocycles. The first-order valence-corrected chi connectivity index (χ1v) is 13.4. The van der Waals surface area contributed by atoms with Gasteiger partial charge < -0.3 is 18.4 Å². The Balaban J connectivity index is 0.00000264. The van der Waals surface area contributed by atoms with Crippen LogP contribution in [0.1, 0.15) is 49.8 Å². The number of hydrogen-bond acceptors (Lipinski definition) is 2. The quantitative estimate of drug-likeness (QED) is 0.164. The Kier molecular flexibility index (Phi) is 6.73. The summed E-state index contributed by atoms with van der Waals surface area (Å²) in [6, 6.07) is 25.4. The molecule has 3 heterocycles. The first kappa shape index (κ1) is 25.1. The van der Waals surface area contributed by atoms with E-state index in [-0.39, 0.29) is 21.1 Å². The Morgan fingerprint density at radius 3 is 2.71 bits per heavy atom. The molecule has 2 atom stereocenters. The van der Waals surface area contributed by atoms with Gasteiger partial charge in [-0.15, -0.1) is 35.4 Å². The molecule has 2 aromatic heterocycles. The van der Waals surface area contributed by atoms with Gasteiger partial charge in [0.15, 0.2) is 0 Å². The molecule has 0 spiro atoms. The molecule has 1 fully saturated rings. The topological polar surface area (TPSA) is 35.9 Å². The van der Waals surface area contributed by atoms with E-state index in [0.717, 1.165) is 41.1 Å². The fourth-order valence-electron chi connectivity index (χ4n) is 6.08. The van der Waals surface area contributed by atoms with Crippen molar-refractivity contribution in [2.45, 2.75) is 51.5 Å². The third kappa shape index (κ3) is 4.41. The molecule has 0 amide bonds. The summed E-state index contributed by atoms with van der Waals surface area (Å²) in [5.41, 5.74) is 6.67. The van der Waals surface area contributed by atoms with Crippen molar-refractivity contribution >= 4 is 11.0 Å². The number of para-hydroxylation sites is 2. The van der Waals surface area contributed by atoms with E-state index in [9.17, 15) is 0 Å². The van der Waals surface area contributed by atoms with E-state index in [1.165, 1.54) is 36.9 Å². The predicted molar refractivity (Wildman–Crippen MR) is 143 cm³/mol. The fraction of sp³-hybridized carbons (Fsp3) is 0.312. The third-order valence-corrected chi connectivity index (χ3v) is 8.09. The molecule has 38 heavy (non-hydrogen) atoms. The van der Waals surface area contributed by atoms with E-state index in [4.69, 9.17) is 9.72 Å². The van der Waals surface area contributed by atoms with Gasteiger partial charge in [0.2, 0.25) is 6.33 Å². The van der Waals surface area contributed by atoms with Gasteiger partial charge in [0.25, 0.3) is 0 Å². The van der Waals surface area contributed by atoms with Gasteiger partial charge in [-0.3, -0.25) is 4.98 Å². The maximum absolute atomic E-state index is 6.30. The van der Waals surface area contributed by atoms with Gasteiger partial charge in [0.1, 0.15) is 0 Å². The Bertz CT molecular complexity index is 1620. The van der Waals surface area contributed by atoms with Crippen LogP contribution in [0.15, 0.2) is 60.8 Å². The molecular formula is C32H30N4OPt-2. The first-order valence-electron chi connectivity index (χ1n) is 13.4. The summed E-state index contributed by atoms with van der Waals surface area (Å²) in [4.78, 5) is 5.16. The SMILES string of the molecule is CC1CCCCC1c1cn2c(n1)-c1[c-]c(Oc3[c-]c(-n4[c-][n+](C)c5ccccc54)ccc3)ccc1CC2.[Pt]. The molecule has 7 rings (SSSR count). The fourth-order valence-corrected chi connectivity index (χ4v) is 6.08. The van der Waals surface area contributed by atoms with E-state index in [1.807, 2.05) is 52.6 Å². The molecule has 3 aromatic carbocycles. The Morgan fingerprint density at radius 2 is 1.82 bits per heavy atom. The minimum absolute atomic E-state index is 0. The van der Waals surface area contributed by atoms with Crippen molar-refractivity contribution in [1.82, 2.24) is 14.1 Å². The van der Waals surface area contributed by atoms with Crippen LogP contribution in [0.4, 0.5) is 0 Å². The monoisotopic (exact) mass is 681 g/mol. The van der Waals surface area contributed by atoms with E-state index in [0.29, 0.717) is 23.3 Å². The number of rotatable bonds is 4. The number of ether oxygens (including phenoxy) is 1. The molecular weight excluding hydrogens is 651 g/mol. The smallest absolute Gasteiger partial charge is 0.242 e. The average molecular weight is 682 g/mol. The van der Waals surface area contributed by atoms with E-state index in [1.54, 1.807) is 0 Å². The summed E-state index contributed by atoms with van der Waals surface area (Å²) in [6.07, 6.45) is 11.9. The molecule has 0 saturated heterocycles. The molecule has 6 heteroatoms. The second kappa shape index (κ2) is 10.2. The zero-order valence-corrected chi connectivity index (χ0v) is 24.0. The minimum atomic E-state index is 0. The van der Waals surface area contributed by atoms with Crippen LogP contribution in [0, 0.1) is 24.4 Å². The zero-order chi connectivity index (χ0) is 24.9. The normalized spacial score (nSPS) is 18.5. The summed E-state index contributed by atoms with van der Waals surface area (Å²) in [5, 5.41) is 0. The standard InChI is InChI=1S/C32H30N4O.Pt/c1-22-8-3-4-11-27(22)29-20-35-17-16-23-14-15-26(19-28(23)32(35)33-29)37-25-10-7-9-24(18-25)36-21-34(2)30-12-5-6-13-31(30)36;/h5-7,9-10,12-15,20,22,27H,3-4,8,11,16-17H2,1-2H3;/q-2;. The van der Waals surface area contributed by atoms with Gasteiger partial charge in [0, 0.05) is 51.2 Å². The van der Waals surface area contributed by atoms with Crippen molar-refractivity contribution in [3.8, 4) is 28.6 Å². The van der Waals surface area contributed by atoms with Crippen molar-refractivity contribution in [2.75, 3.05) is 0 Å². The summed E-state index contributed by atoms with van der Waals surface area (Å²) < 4.78 is 12.6. The minimum Gasteiger partial charge on any atom is -0.504 e. The molecule has 2 unspecified atom stereocenters.